The predicted octanol–water partition coefficient (Wildman–Crippen LogP) is 1.21. The van der Waals surface area contributed by atoms with Crippen molar-refractivity contribution in [2.24, 2.45) is 0 Å². The molecule has 2 amide bonds. The number of aromatic nitrogens is 4. The van der Waals surface area contributed by atoms with Crippen molar-refractivity contribution in [3.63, 3.8) is 0 Å². The van der Waals surface area contributed by atoms with Gasteiger partial charge in [0.05, 0.1) is 24.2 Å². The summed E-state index contributed by atoms with van der Waals surface area (Å²) >= 11 is 1.26. The lowest BCUT2D eigenvalue weighted by Gasteiger charge is -2.28. The van der Waals surface area contributed by atoms with Gasteiger partial charge in [0.15, 0.2) is 5.82 Å². The summed E-state index contributed by atoms with van der Waals surface area (Å²) in [5.41, 5.74) is 1.47. The third-order valence-corrected chi connectivity index (χ3v) is 7.59. The van der Waals surface area contributed by atoms with E-state index in [4.69, 9.17) is 0 Å². The van der Waals surface area contributed by atoms with Gasteiger partial charge in [-0.15, -0.1) is 10.2 Å². The monoisotopic (exact) mass is 603 g/mol. The number of benzene rings is 2. The summed E-state index contributed by atoms with van der Waals surface area (Å²) in [7, 11) is -3.73. The Morgan fingerprint density at radius 3 is 2.37 bits per heavy atom. The maximum atomic E-state index is 13.4. The van der Waals surface area contributed by atoms with Crippen LogP contribution in [0.15, 0.2) is 54.6 Å². The summed E-state index contributed by atoms with van der Waals surface area (Å²) in [6, 6.07) is 14.4. The van der Waals surface area contributed by atoms with Crippen LogP contribution >= 0.6 is 11.8 Å². The number of thioether (sulfide) groups is 1. The number of nitrogens with one attached hydrogen (secondary N) is 4. The van der Waals surface area contributed by atoms with E-state index in [2.05, 4.69) is 36.0 Å². The average Bonchev–Trinajstić information content (AvgIpc) is 3.40. The number of hydrogen-bond acceptors (Lipinski definition) is 9. The summed E-state index contributed by atoms with van der Waals surface area (Å²) in [5.74, 6) is -0.0260. The van der Waals surface area contributed by atoms with Crippen LogP contribution in [0.4, 0.5) is 0 Å². The molecule has 0 spiro atoms. The van der Waals surface area contributed by atoms with Crippen molar-refractivity contribution < 1.29 is 23.1 Å². The highest BCUT2D eigenvalue weighted by Gasteiger charge is 2.29. The van der Waals surface area contributed by atoms with Crippen LogP contribution < -0.4 is 15.4 Å². The zero-order valence-corrected chi connectivity index (χ0v) is 25.1. The first-order valence-corrected chi connectivity index (χ1v) is 16.1. The number of amides is 2. The molecule has 14 heteroatoms. The largest absolute Gasteiger partial charge is 0.391 e. The van der Waals surface area contributed by atoms with E-state index in [1.165, 1.54) is 11.8 Å². The molecule has 0 aliphatic rings. The minimum atomic E-state index is -3.73. The first-order valence-electron chi connectivity index (χ1n) is 13.0. The Balaban J connectivity index is 1.81. The lowest BCUT2D eigenvalue weighted by Crippen LogP contribution is -2.54. The van der Waals surface area contributed by atoms with Crippen LogP contribution in [0.25, 0.3) is 0 Å². The predicted molar refractivity (Wildman–Crippen MR) is 158 cm³/mol. The summed E-state index contributed by atoms with van der Waals surface area (Å²) in [4.78, 5) is 26.4. The molecule has 222 valence electrons. The molecule has 5 N–H and O–H groups in total. The fourth-order valence-corrected chi connectivity index (χ4v) is 5.77. The molecule has 0 bridgehead atoms. The lowest BCUT2D eigenvalue weighted by molar-refractivity contribution is -0.123. The first kappa shape index (κ1) is 32.2. The third kappa shape index (κ3) is 11.2. The van der Waals surface area contributed by atoms with Gasteiger partial charge >= 0.3 is 0 Å². The van der Waals surface area contributed by atoms with Gasteiger partial charge in [0.1, 0.15) is 6.04 Å². The molecule has 3 rings (SSSR count). The first-order chi connectivity index (χ1) is 19.3. The summed E-state index contributed by atoms with van der Waals surface area (Å²) in [6.07, 6.45) is 0.259. The van der Waals surface area contributed by atoms with Gasteiger partial charge in [-0.05, 0) is 44.4 Å². The van der Waals surface area contributed by atoms with Crippen LogP contribution in [0.1, 0.15) is 48.1 Å². The number of aromatic amines is 1. The molecule has 12 nitrogen and oxygen atoms in total. The molecule has 3 atom stereocenters. The highest BCUT2D eigenvalue weighted by Crippen LogP contribution is 2.17. The van der Waals surface area contributed by atoms with Crippen LogP contribution in [0, 0.1) is 0 Å². The molecule has 3 aromatic rings. The van der Waals surface area contributed by atoms with Crippen molar-refractivity contribution in [1.82, 2.24) is 36.0 Å². The number of carbonyl (C=O) groups is 2. The van der Waals surface area contributed by atoms with Crippen molar-refractivity contribution in [2.75, 3.05) is 12.0 Å². The number of rotatable bonds is 14. The molecule has 1 aromatic heterocycles. The number of hydrogen-bond donors (Lipinski definition) is 5. The second kappa shape index (κ2) is 14.5. The fourth-order valence-electron chi connectivity index (χ4n) is 4.06. The van der Waals surface area contributed by atoms with Crippen molar-refractivity contribution in [2.45, 2.75) is 63.1 Å². The Kier molecular flexibility index (Phi) is 11.4. The van der Waals surface area contributed by atoms with Gasteiger partial charge in [-0.3, -0.25) is 9.59 Å². The minimum absolute atomic E-state index is 0.0856. The highest BCUT2D eigenvalue weighted by molar-refractivity contribution is 7.98. The molecule has 0 fully saturated rings. The van der Waals surface area contributed by atoms with Crippen molar-refractivity contribution in [3.05, 3.63) is 77.1 Å². The summed E-state index contributed by atoms with van der Waals surface area (Å²) in [6.45, 7) is 5.65. The van der Waals surface area contributed by atoms with E-state index in [1.54, 1.807) is 24.3 Å². The van der Waals surface area contributed by atoms with Gasteiger partial charge < -0.3 is 15.7 Å². The smallest absolute Gasteiger partial charge is 0.251 e. The Hall–Kier alpha value is -3.33. The van der Waals surface area contributed by atoms with E-state index in [1.807, 2.05) is 51.1 Å². The molecular formula is C27H37N7O5S2. The molecule has 0 saturated carbocycles. The zero-order valence-electron chi connectivity index (χ0n) is 23.5. The second-order valence-corrected chi connectivity index (χ2v) is 13.5. The quantitative estimate of drug-likeness (QED) is 0.181. The van der Waals surface area contributed by atoms with Crippen LogP contribution in [-0.2, 0) is 33.4 Å². The molecule has 0 unspecified atom stereocenters. The lowest BCUT2D eigenvalue weighted by atomic mass is 9.93. The Morgan fingerprint density at radius 1 is 1.05 bits per heavy atom. The van der Waals surface area contributed by atoms with E-state index in [0.29, 0.717) is 22.7 Å². The summed E-state index contributed by atoms with van der Waals surface area (Å²) in [5, 5.41) is 30.8. The van der Waals surface area contributed by atoms with Crippen molar-refractivity contribution in [1.29, 1.82) is 0 Å². The van der Waals surface area contributed by atoms with Gasteiger partial charge in [-0.1, -0.05) is 53.7 Å². The molecule has 0 aliphatic carbocycles. The van der Waals surface area contributed by atoms with Gasteiger partial charge in [-0.25, -0.2) is 13.1 Å². The van der Waals surface area contributed by atoms with Crippen LogP contribution in [0.5, 0.6) is 0 Å². The maximum absolute atomic E-state index is 13.4. The van der Waals surface area contributed by atoms with Gasteiger partial charge in [0.25, 0.3) is 5.91 Å². The molecule has 0 radical (unpaired) electrons. The van der Waals surface area contributed by atoms with E-state index >= 15 is 0 Å². The fraction of sp³-hybridized carbons (Fsp3) is 0.444. The average molecular weight is 604 g/mol. The van der Waals surface area contributed by atoms with Gasteiger partial charge in [0.2, 0.25) is 15.9 Å². The van der Waals surface area contributed by atoms with E-state index in [-0.39, 0.29) is 24.5 Å². The Bertz CT molecular complexity index is 1380. The normalized spacial score (nSPS) is 14.2. The molecule has 1 heterocycles. The van der Waals surface area contributed by atoms with Crippen LogP contribution in [0.3, 0.4) is 0 Å². The van der Waals surface area contributed by atoms with Gasteiger partial charge in [0, 0.05) is 23.3 Å². The van der Waals surface area contributed by atoms with E-state index in [0.717, 1.165) is 11.8 Å². The van der Waals surface area contributed by atoms with Gasteiger partial charge in [-0.2, -0.15) is 17.0 Å². The number of carbonyl (C=O) groups excluding carboxylic acids is 2. The Labute approximate surface area is 244 Å². The summed E-state index contributed by atoms with van der Waals surface area (Å²) < 4.78 is 26.5. The second-order valence-electron chi connectivity index (χ2n) is 10.7. The topological polar surface area (TPSA) is 179 Å². The molecular weight excluding hydrogens is 566 g/mol. The number of aliphatic hydroxyl groups is 1. The molecule has 0 saturated heterocycles. The van der Waals surface area contributed by atoms with Crippen LogP contribution in [0.2, 0.25) is 0 Å². The Morgan fingerprint density at radius 2 is 1.73 bits per heavy atom. The number of nitrogens with zero attached hydrogens (tertiary/aromatic N) is 3. The SMILES string of the molecule is CC(C)(C)NC(=O)c1ccccc1C[C@@H](O)[C@H](Cc1ccccc1)NC(=O)[C@@H](CSCc1nn[nH]n1)NS(C)(=O)=O. The minimum Gasteiger partial charge on any atom is -0.391 e. The number of tetrazole rings is 1. The number of H-pyrrole nitrogens is 1. The maximum Gasteiger partial charge on any atom is 0.251 e. The van der Waals surface area contributed by atoms with Crippen LogP contribution in [-0.4, -0.2) is 81.7 Å². The van der Waals surface area contributed by atoms with Crippen molar-refractivity contribution >= 4 is 33.6 Å². The van der Waals surface area contributed by atoms with E-state index in [9.17, 15) is 23.1 Å². The molecule has 0 aliphatic heterocycles. The third-order valence-electron chi connectivity index (χ3n) is 5.85. The zero-order chi connectivity index (χ0) is 30.0. The highest BCUT2D eigenvalue weighted by atomic mass is 32.2. The van der Waals surface area contributed by atoms with E-state index < -0.39 is 39.7 Å². The van der Waals surface area contributed by atoms with Crippen molar-refractivity contribution in [3.8, 4) is 0 Å². The molecule has 41 heavy (non-hydrogen) atoms. The number of aliphatic hydroxyl groups excluding tert-OH is 1. The molecule has 2 aromatic carbocycles. The number of sulfonamides is 1. The standard InChI is InChI=1S/C27H37N7O5S2/c1-27(2,3)29-25(36)20-13-9-8-12-19(20)15-23(35)21(14-18-10-6-5-7-11-18)28-26(37)22(32-41(4,38)39)16-40-17-24-30-33-34-31-24/h5-13,21-23,32,35H,14-17H2,1-4H3,(H,28,37)(H,29,36)(H,30,31,33,34)/t21-,22+,23+/m0/s1.